The van der Waals surface area contributed by atoms with Crippen molar-refractivity contribution >= 4 is 41.9 Å². The minimum Gasteiger partial charge on any atom is -0.497 e. The summed E-state index contributed by atoms with van der Waals surface area (Å²) >= 11 is 3.07. The molecule has 8 nitrogen and oxygen atoms in total. The smallest absolute Gasteiger partial charge is 0.341 e. The molecule has 0 amide bonds. The maximum atomic E-state index is 12.7. The number of halogens is 1. The maximum Gasteiger partial charge on any atom is 0.341 e. The predicted octanol–water partition coefficient (Wildman–Crippen LogP) is 2.42. The first-order valence-electron chi connectivity index (χ1n) is 7.20. The topological polar surface area (TPSA) is 113 Å². The second-order valence-electron chi connectivity index (χ2n) is 5.26. The van der Waals surface area contributed by atoms with Crippen molar-refractivity contribution in [1.82, 2.24) is 0 Å². The number of hydrogen-bond acceptors (Lipinski definition) is 8. The fourth-order valence-corrected chi connectivity index (χ4v) is 4.65. The summed E-state index contributed by atoms with van der Waals surface area (Å²) in [6, 6.07) is 7.43. The highest BCUT2D eigenvalue weighted by molar-refractivity contribution is 9.10. The zero-order valence-corrected chi connectivity index (χ0v) is 17.6. The summed E-state index contributed by atoms with van der Waals surface area (Å²) in [5, 5.41) is 0. The van der Waals surface area contributed by atoms with Crippen LogP contribution in [0.4, 0.5) is 0 Å². The van der Waals surface area contributed by atoms with E-state index in [1.807, 2.05) is 0 Å². The Morgan fingerprint density at radius 3 is 2.22 bits per heavy atom. The summed E-state index contributed by atoms with van der Waals surface area (Å²) in [4.78, 5) is 11.3. The van der Waals surface area contributed by atoms with Gasteiger partial charge >= 0.3 is 16.1 Å². The van der Waals surface area contributed by atoms with E-state index in [1.165, 1.54) is 37.4 Å². The number of hydrogen-bond donors (Lipinski definition) is 0. The highest BCUT2D eigenvalue weighted by atomic mass is 79.9. The van der Waals surface area contributed by atoms with E-state index in [1.54, 1.807) is 0 Å². The molecule has 27 heavy (non-hydrogen) atoms. The Hall–Kier alpha value is -2.11. The van der Waals surface area contributed by atoms with Gasteiger partial charge in [0.05, 0.1) is 19.1 Å². The van der Waals surface area contributed by atoms with E-state index in [-0.39, 0.29) is 26.4 Å². The Morgan fingerprint density at radius 2 is 1.67 bits per heavy atom. The molecule has 0 fully saturated rings. The molecule has 0 bridgehead atoms. The summed E-state index contributed by atoms with van der Waals surface area (Å²) in [5.41, 5.74) is -0.141. The molecule has 0 aliphatic rings. The van der Waals surface area contributed by atoms with E-state index in [4.69, 9.17) is 8.92 Å². The molecule has 0 atom stereocenters. The predicted molar refractivity (Wildman–Crippen MR) is 99.4 cm³/mol. The lowest BCUT2D eigenvalue weighted by atomic mass is 10.2. The Morgan fingerprint density at radius 1 is 1.00 bits per heavy atom. The van der Waals surface area contributed by atoms with E-state index >= 15 is 0 Å². The Bertz CT molecular complexity index is 1090. The number of methoxy groups -OCH3 is 2. The van der Waals surface area contributed by atoms with Gasteiger partial charge in [-0.1, -0.05) is 0 Å². The largest absolute Gasteiger partial charge is 0.497 e. The molecular weight excluding hydrogens is 464 g/mol. The Labute approximate surface area is 165 Å². The molecule has 0 spiro atoms. The van der Waals surface area contributed by atoms with Crippen LogP contribution in [0, 0.1) is 0 Å². The zero-order valence-electron chi connectivity index (χ0n) is 14.4. The average Bonchev–Trinajstić information content (AvgIpc) is 2.59. The molecular formula is C16H15BrO8S2. The van der Waals surface area contributed by atoms with Gasteiger partial charge in [0.1, 0.15) is 16.2 Å². The molecule has 0 radical (unpaired) electrons. The van der Waals surface area contributed by atoms with Crippen molar-refractivity contribution in [3.63, 3.8) is 0 Å². The van der Waals surface area contributed by atoms with Crippen LogP contribution >= 0.6 is 15.9 Å². The van der Waals surface area contributed by atoms with Crippen LogP contribution in [-0.4, -0.2) is 43.3 Å². The number of benzene rings is 2. The van der Waals surface area contributed by atoms with E-state index in [2.05, 4.69) is 20.7 Å². The van der Waals surface area contributed by atoms with Crippen molar-refractivity contribution in [3.8, 4) is 11.5 Å². The third-order valence-electron chi connectivity index (χ3n) is 3.39. The monoisotopic (exact) mass is 478 g/mol. The molecule has 146 valence electrons. The second-order valence-corrected chi connectivity index (χ2v) is 9.64. The SMILES string of the molecule is COC(=O)c1ccc(OC)cc1OS(=O)(=O)c1cc(S(C)(=O)=O)ccc1Br. The molecule has 0 N–H and O–H groups in total. The van der Waals surface area contributed by atoms with Gasteiger partial charge in [-0.05, 0) is 46.3 Å². The van der Waals surface area contributed by atoms with Gasteiger partial charge in [0.2, 0.25) is 0 Å². The van der Waals surface area contributed by atoms with Gasteiger partial charge in [0.25, 0.3) is 0 Å². The Balaban J connectivity index is 2.59. The fraction of sp³-hybridized carbons (Fsp3) is 0.188. The quantitative estimate of drug-likeness (QED) is 0.459. The normalized spacial score (nSPS) is 11.7. The van der Waals surface area contributed by atoms with Crippen LogP contribution in [0.3, 0.4) is 0 Å². The van der Waals surface area contributed by atoms with Gasteiger partial charge in [0.15, 0.2) is 15.6 Å². The first-order valence-corrected chi connectivity index (χ1v) is 11.3. The number of carbonyl (C=O) groups is 1. The zero-order chi connectivity index (χ0) is 20.4. The van der Waals surface area contributed by atoms with Gasteiger partial charge in [-0.15, -0.1) is 0 Å². The molecule has 0 aliphatic carbocycles. The van der Waals surface area contributed by atoms with Crippen molar-refractivity contribution in [1.29, 1.82) is 0 Å². The van der Waals surface area contributed by atoms with Crippen molar-refractivity contribution in [2.75, 3.05) is 20.5 Å². The van der Waals surface area contributed by atoms with E-state index in [9.17, 15) is 21.6 Å². The molecule has 11 heteroatoms. The summed E-state index contributed by atoms with van der Waals surface area (Å²) in [6.07, 6.45) is 0.949. The average molecular weight is 479 g/mol. The minimum absolute atomic E-state index is 0.0948. The van der Waals surface area contributed by atoms with Gasteiger partial charge in [-0.3, -0.25) is 0 Å². The molecule has 0 saturated carbocycles. The van der Waals surface area contributed by atoms with Crippen LogP contribution < -0.4 is 8.92 Å². The first kappa shape index (κ1) is 21.2. The van der Waals surface area contributed by atoms with Gasteiger partial charge in [-0.25, -0.2) is 13.2 Å². The van der Waals surface area contributed by atoms with Crippen molar-refractivity contribution in [2.45, 2.75) is 9.79 Å². The lowest BCUT2D eigenvalue weighted by Gasteiger charge is -2.13. The van der Waals surface area contributed by atoms with Crippen LogP contribution in [0.1, 0.15) is 10.4 Å². The number of ether oxygens (including phenoxy) is 2. The number of carbonyl (C=O) groups excluding carboxylic acids is 1. The molecule has 0 aliphatic heterocycles. The Kier molecular flexibility index (Phi) is 6.17. The molecule has 0 aromatic heterocycles. The number of rotatable bonds is 6. The van der Waals surface area contributed by atoms with Crippen LogP contribution in [0.15, 0.2) is 50.7 Å². The molecule has 0 unspecified atom stereocenters. The van der Waals surface area contributed by atoms with E-state index in [0.717, 1.165) is 19.4 Å². The van der Waals surface area contributed by atoms with Crippen LogP contribution in [0.25, 0.3) is 0 Å². The maximum absolute atomic E-state index is 12.7. The van der Waals surface area contributed by atoms with Crippen LogP contribution in [0.2, 0.25) is 0 Å². The lowest BCUT2D eigenvalue weighted by Crippen LogP contribution is -2.14. The number of sulfone groups is 1. The molecule has 2 rings (SSSR count). The summed E-state index contributed by atoms with van der Waals surface area (Å²) in [6.45, 7) is 0. The van der Waals surface area contributed by atoms with Gasteiger partial charge in [-0.2, -0.15) is 8.42 Å². The van der Waals surface area contributed by atoms with Crippen LogP contribution in [-0.2, 0) is 24.7 Å². The minimum atomic E-state index is -4.49. The summed E-state index contributed by atoms with van der Waals surface area (Å²) < 4.78 is 63.7. The molecule has 0 heterocycles. The summed E-state index contributed by atoms with van der Waals surface area (Å²) in [7, 11) is -5.64. The molecule has 2 aromatic rings. The molecule has 2 aromatic carbocycles. The van der Waals surface area contributed by atoms with Crippen LogP contribution in [0.5, 0.6) is 11.5 Å². The lowest BCUT2D eigenvalue weighted by molar-refractivity contribution is 0.0599. The number of esters is 1. The van der Waals surface area contributed by atoms with Crippen molar-refractivity contribution < 1.29 is 35.3 Å². The first-order chi connectivity index (χ1) is 12.5. The highest BCUT2D eigenvalue weighted by Crippen LogP contribution is 2.31. The van der Waals surface area contributed by atoms with E-state index in [0.29, 0.717) is 0 Å². The third-order valence-corrected chi connectivity index (χ3v) is 6.73. The fourth-order valence-electron chi connectivity index (χ4n) is 2.05. The van der Waals surface area contributed by atoms with E-state index < -0.39 is 30.8 Å². The second kappa shape index (κ2) is 7.87. The van der Waals surface area contributed by atoms with Gasteiger partial charge in [0, 0.05) is 16.8 Å². The standard InChI is InChI=1S/C16H15BrO8S2/c1-23-10-4-6-12(16(18)24-2)14(8-10)25-27(21,22)15-9-11(26(3,19)20)5-7-13(15)17/h4-9H,1-3H3. The van der Waals surface area contributed by atoms with Gasteiger partial charge < -0.3 is 13.7 Å². The van der Waals surface area contributed by atoms with Crippen molar-refractivity contribution in [3.05, 3.63) is 46.4 Å². The van der Waals surface area contributed by atoms with Crippen molar-refractivity contribution in [2.24, 2.45) is 0 Å². The summed E-state index contributed by atoms with van der Waals surface area (Å²) in [5.74, 6) is -0.888. The molecule has 0 saturated heterocycles. The third kappa shape index (κ3) is 4.79. The highest BCUT2D eigenvalue weighted by Gasteiger charge is 2.26.